The Morgan fingerprint density at radius 2 is 2.06 bits per heavy atom. The summed E-state index contributed by atoms with van der Waals surface area (Å²) in [6.45, 7) is 3.56. The molecular formula is C12H13F3O2S. The van der Waals surface area contributed by atoms with Gasteiger partial charge in [0.15, 0.2) is 0 Å². The largest absolute Gasteiger partial charge is 0.494 e. The first-order valence-corrected chi connectivity index (χ1v) is 6.14. The fraction of sp³-hybridized carbons (Fsp3) is 0.417. The van der Waals surface area contributed by atoms with E-state index >= 15 is 0 Å². The molecule has 1 aromatic carbocycles. The minimum Gasteiger partial charge on any atom is -0.494 e. The summed E-state index contributed by atoms with van der Waals surface area (Å²) in [5, 5.41) is 0. The Bertz CT molecular complexity index is 430. The van der Waals surface area contributed by atoms with Crippen molar-refractivity contribution in [3.63, 3.8) is 0 Å². The van der Waals surface area contributed by atoms with Crippen LogP contribution >= 0.6 is 11.8 Å². The lowest BCUT2D eigenvalue weighted by atomic mass is 10.1. The number of ether oxygens (including phenoxy) is 1. The Labute approximate surface area is 108 Å². The van der Waals surface area contributed by atoms with E-state index in [2.05, 4.69) is 0 Å². The molecule has 0 bridgehead atoms. The van der Waals surface area contributed by atoms with E-state index in [0.29, 0.717) is 17.9 Å². The molecule has 0 aromatic heterocycles. The van der Waals surface area contributed by atoms with Crippen LogP contribution in [-0.2, 0) is 11.2 Å². The fourth-order valence-electron chi connectivity index (χ4n) is 1.46. The lowest BCUT2D eigenvalue weighted by molar-refractivity contribution is -0.116. The topological polar surface area (TPSA) is 26.3 Å². The van der Waals surface area contributed by atoms with Gasteiger partial charge in [-0.2, -0.15) is 13.2 Å². The molecule has 0 aliphatic rings. The number of Topliss-reactive ketones (excluding diaryl/α,β-unsaturated/α-hetero) is 1. The summed E-state index contributed by atoms with van der Waals surface area (Å²) in [6, 6.07) is 4.16. The standard InChI is InChI=1S/C12H13F3O2S/c1-3-17-11-5-4-10(18-12(13,14)15)7-9(11)6-8(2)16/h4-5,7H,3,6H2,1-2H3. The van der Waals surface area contributed by atoms with Gasteiger partial charge in [-0.05, 0) is 43.8 Å². The lowest BCUT2D eigenvalue weighted by Crippen LogP contribution is -2.03. The molecule has 6 heteroatoms. The molecule has 0 heterocycles. The van der Waals surface area contributed by atoms with Crippen molar-refractivity contribution < 1.29 is 22.7 Å². The van der Waals surface area contributed by atoms with E-state index < -0.39 is 5.51 Å². The van der Waals surface area contributed by atoms with Crippen molar-refractivity contribution in [2.75, 3.05) is 6.61 Å². The summed E-state index contributed by atoms with van der Waals surface area (Å²) in [4.78, 5) is 11.1. The van der Waals surface area contributed by atoms with Gasteiger partial charge in [-0.1, -0.05) is 0 Å². The smallest absolute Gasteiger partial charge is 0.446 e. The zero-order valence-electron chi connectivity index (χ0n) is 10.0. The summed E-state index contributed by atoms with van der Waals surface area (Å²) in [7, 11) is 0. The molecule has 0 radical (unpaired) electrons. The molecule has 0 aliphatic heterocycles. The van der Waals surface area contributed by atoms with Crippen LogP contribution in [0.1, 0.15) is 19.4 Å². The second-order valence-electron chi connectivity index (χ2n) is 3.63. The van der Waals surface area contributed by atoms with Crippen LogP contribution < -0.4 is 4.74 Å². The van der Waals surface area contributed by atoms with Crippen LogP contribution in [0.2, 0.25) is 0 Å². The van der Waals surface area contributed by atoms with E-state index in [0.717, 1.165) is 0 Å². The fourth-order valence-corrected chi connectivity index (χ4v) is 2.06. The monoisotopic (exact) mass is 278 g/mol. The minimum atomic E-state index is -4.33. The van der Waals surface area contributed by atoms with Gasteiger partial charge in [0.2, 0.25) is 0 Å². The van der Waals surface area contributed by atoms with Crippen molar-refractivity contribution in [1.29, 1.82) is 0 Å². The number of thioether (sulfide) groups is 1. The van der Waals surface area contributed by atoms with Crippen molar-refractivity contribution >= 4 is 17.5 Å². The third kappa shape index (κ3) is 5.00. The van der Waals surface area contributed by atoms with E-state index in [1.54, 1.807) is 6.92 Å². The van der Waals surface area contributed by atoms with Crippen LogP contribution in [0.5, 0.6) is 5.75 Å². The van der Waals surface area contributed by atoms with Gasteiger partial charge in [-0.25, -0.2) is 0 Å². The molecule has 0 amide bonds. The van der Waals surface area contributed by atoms with Crippen LogP contribution in [0, 0.1) is 0 Å². The Hall–Kier alpha value is -1.17. The highest BCUT2D eigenvalue weighted by atomic mass is 32.2. The van der Waals surface area contributed by atoms with Crippen molar-refractivity contribution in [2.24, 2.45) is 0 Å². The molecule has 100 valence electrons. The van der Waals surface area contributed by atoms with E-state index in [9.17, 15) is 18.0 Å². The Morgan fingerprint density at radius 3 is 2.56 bits per heavy atom. The summed E-state index contributed by atoms with van der Waals surface area (Å²) < 4.78 is 42.0. The molecule has 0 saturated heterocycles. The maximum atomic E-state index is 12.2. The van der Waals surface area contributed by atoms with Crippen molar-refractivity contribution in [3.8, 4) is 5.75 Å². The number of hydrogen-bond acceptors (Lipinski definition) is 3. The number of benzene rings is 1. The van der Waals surface area contributed by atoms with Crippen LogP contribution in [0.4, 0.5) is 13.2 Å². The molecule has 18 heavy (non-hydrogen) atoms. The number of rotatable bonds is 5. The van der Waals surface area contributed by atoms with Gasteiger partial charge in [-0.3, -0.25) is 4.79 Å². The molecule has 0 atom stereocenters. The molecular weight excluding hydrogens is 265 g/mol. The zero-order chi connectivity index (χ0) is 13.8. The molecule has 0 unspecified atom stereocenters. The second kappa shape index (κ2) is 6.13. The zero-order valence-corrected chi connectivity index (χ0v) is 10.8. The first kappa shape index (κ1) is 14.9. The normalized spacial score (nSPS) is 11.4. The average Bonchev–Trinajstić information content (AvgIpc) is 2.19. The number of hydrogen-bond donors (Lipinski definition) is 0. The second-order valence-corrected chi connectivity index (χ2v) is 4.77. The Morgan fingerprint density at radius 1 is 1.39 bits per heavy atom. The number of halogens is 3. The molecule has 1 rings (SSSR count). The van der Waals surface area contributed by atoms with Gasteiger partial charge in [-0.15, -0.1) is 0 Å². The maximum Gasteiger partial charge on any atom is 0.446 e. The lowest BCUT2D eigenvalue weighted by Gasteiger charge is -2.12. The third-order valence-corrected chi connectivity index (χ3v) is 2.73. The van der Waals surface area contributed by atoms with Crippen LogP contribution in [0.15, 0.2) is 23.1 Å². The molecule has 0 spiro atoms. The molecule has 0 saturated carbocycles. The average molecular weight is 278 g/mol. The van der Waals surface area contributed by atoms with Gasteiger partial charge in [0.05, 0.1) is 6.61 Å². The predicted octanol–water partition coefficient (Wildman–Crippen LogP) is 3.83. The van der Waals surface area contributed by atoms with E-state index in [1.807, 2.05) is 0 Å². The number of carbonyl (C=O) groups excluding carboxylic acids is 1. The Balaban J connectivity index is 3.00. The maximum absolute atomic E-state index is 12.2. The van der Waals surface area contributed by atoms with Gasteiger partial charge in [0.25, 0.3) is 0 Å². The van der Waals surface area contributed by atoms with E-state index in [1.165, 1.54) is 25.1 Å². The predicted molar refractivity (Wildman–Crippen MR) is 63.9 cm³/mol. The quantitative estimate of drug-likeness (QED) is 0.766. The number of ketones is 1. The molecule has 1 aromatic rings. The van der Waals surface area contributed by atoms with Crippen LogP contribution in [0.3, 0.4) is 0 Å². The summed E-state index contributed by atoms with van der Waals surface area (Å²) >= 11 is -0.198. The summed E-state index contributed by atoms with van der Waals surface area (Å²) in [6.07, 6.45) is 0.0710. The van der Waals surface area contributed by atoms with Gasteiger partial charge in [0.1, 0.15) is 11.5 Å². The highest BCUT2D eigenvalue weighted by Crippen LogP contribution is 2.38. The minimum absolute atomic E-state index is 0.0576. The third-order valence-electron chi connectivity index (χ3n) is 2.00. The van der Waals surface area contributed by atoms with Crippen LogP contribution in [-0.4, -0.2) is 17.9 Å². The van der Waals surface area contributed by atoms with Crippen molar-refractivity contribution in [3.05, 3.63) is 23.8 Å². The molecule has 2 nitrogen and oxygen atoms in total. The summed E-state index contributed by atoms with van der Waals surface area (Å²) in [5.41, 5.74) is -3.85. The summed E-state index contributed by atoms with van der Waals surface area (Å²) in [5.74, 6) is 0.337. The first-order chi connectivity index (χ1) is 8.31. The van der Waals surface area contributed by atoms with Crippen molar-refractivity contribution in [1.82, 2.24) is 0 Å². The van der Waals surface area contributed by atoms with Crippen molar-refractivity contribution in [2.45, 2.75) is 30.7 Å². The highest BCUT2D eigenvalue weighted by Gasteiger charge is 2.29. The van der Waals surface area contributed by atoms with E-state index in [-0.39, 0.29) is 28.9 Å². The van der Waals surface area contributed by atoms with E-state index in [4.69, 9.17) is 4.74 Å². The number of alkyl halides is 3. The van der Waals surface area contributed by atoms with Gasteiger partial charge < -0.3 is 4.74 Å². The SMILES string of the molecule is CCOc1ccc(SC(F)(F)F)cc1CC(C)=O. The Kier molecular flexibility index (Phi) is 5.07. The van der Waals surface area contributed by atoms with Gasteiger partial charge >= 0.3 is 5.51 Å². The molecule has 0 aliphatic carbocycles. The van der Waals surface area contributed by atoms with Gasteiger partial charge in [0, 0.05) is 16.9 Å². The molecule has 0 N–H and O–H groups in total. The molecule has 0 fully saturated rings. The first-order valence-electron chi connectivity index (χ1n) is 5.32. The van der Waals surface area contributed by atoms with Crippen LogP contribution in [0.25, 0.3) is 0 Å². The number of carbonyl (C=O) groups is 1. The highest BCUT2D eigenvalue weighted by molar-refractivity contribution is 8.00.